The topological polar surface area (TPSA) is 38.9 Å². The summed E-state index contributed by atoms with van der Waals surface area (Å²) in [4.78, 5) is 5.14. The third-order valence-electron chi connectivity index (χ3n) is 2.49. The first kappa shape index (κ1) is 11.2. The zero-order valence-corrected chi connectivity index (χ0v) is 10.0. The van der Waals surface area contributed by atoms with E-state index in [1.165, 1.54) is 23.5 Å². The van der Waals surface area contributed by atoms with Crippen LogP contribution in [0.2, 0.25) is 0 Å². The van der Waals surface area contributed by atoms with Crippen molar-refractivity contribution in [3.05, 3.63) is 51.2 Å². The van der Waals surface area contributed by atoms with Gasteiger partial charge in [0.25, 0.3) is 0 Å². The van der Waals surface area contributed by atoms with E-state index in [0.717, 1.165) is 21.7 Å². The maximum atomic E-state index is 13.3. The van der Waals surface area contributed by atoms with E-state index in [9.17, 15) is 4.39 Å². The normalized spacial score (nSPS) is 12.8. The van der Waals surface area contributed by atoms with E-state index in [4.69, 9.17) is 5.73 Å². The van der Waals surface area contributed by atoms with Crippen LogP contribution in [0.25, 0.3) is 0 Å². The number of hydrogen-bond donors (Lipinski definition) is 1. The van der Waals surface area contributed by atoms with Crippen LogP contribution in [0.1, 0.15) is 27.7 Å². The van der Waals surface area contributed by atoms with Crippen molar-refractivity contribution in [3.8, 4) is 0 Å². The van der Waals surface area contributed by atoms with E-state index in [2.05, 4.69) is 4.98 Å². The third kappa shape index (κ3) is 2.13. The number of hydrogen-bond acceptors (Lipinski definition) is 3. The molecular weight excluding hydrogens is 223 g/mol. The van der Waals surface area contributed by atoms with Crippen LogP contribution >= 0.6 is 11.3 Å². The molecule has 1 aromatic heterocycles. The predicted octanol–water partition coefficient (Wildman–Crippen LogP) is 2.95. The molecule has 1 atom stereocenters. The summed E-state index contributed by atoms with van der Waals surface area (Å²) in [5.41, 5.74) is 10.5. The van der Waals surface area contributed by atoms with Gasteiger partial charge >= 0.3 is 0 Å². The average Bonchev–Trinajstić information content (AvgIpc) is 2.62. The van der Waals surface area contributed by atoms with Gasteiger partial charge in [0.15, 0.2) is 0 Å². The minimum atomic E-state index is -0.290. The Morgan fingerprint density at radius 1 is 1.31 bits per heavy atom. The molecule has 1 unspecified atom stereocenters. The van der Waals surface area contributed by atoms with Crippen LogP contribution in [0.4, 0.5) is 4.39 Å². The van der Waals surface area contributed by atoms with Gasteiger partial charge in [0.1, 0.15) is 5.82 Å². The van der Waals surface area contributed by atoms with Gasteiger partial charge < -0.3 is 5.73 Å². The van der Waals surface area contributed by atoms with Gasteiger partial charge in [-0.05, 0) is 37.1 Å². The van der Waals surface area contributed by atoms with Crippen LogP contribution in [0, 0.1) is 19.7 Å². The van der Waals surface area contributed by atoms with Crippen LogP contribution in [0.3, 0.4) is 0 Å². The highest BCUT2D eigenvalue weighted by atomic mass is 32.1. The summed E-state index contributed by atoms with van der Waals surface area (Å²) in [7, 11) is 0. The molecular formula is C12H13FN2S. The second-order valence-corrected chi connectivity index (χ2v) is 4.73. The fourth-order valence-corrected chi connectivity index (χ4v) is 2.54. The fraction of sp³-hybridized carbons (Fsp3) is 0.250. The van der Waals surface area contributed by atoms with E-state index in [-0.39, 0.29) is 11.9 Å². The molecule has 2 aromatic rings. The Bertz CT molecular complexity index is 487. The monoisotopic (exact) mass is 236 g/mol. The van der Waals surface area contributed by atoms with Crippen LogP contribution in [0.15, 0.2) is 23.7 Å². The first-order valence-electron chi connectivity index (χ1n) is 5.00. The van der Waals surface area contributed by atoms with Crippen molar-refractivity contribution < 1.29 is 4.39 Å². The quantitative estimate of drug-likeness (QED) is 0.870. The van der Waals surface area contributed by atoms with E-state index in [1.54, 1.807) is 5.51 Å². The number of nitrogens with zero attached hydrogens (tertiary/aromatic N) is 1. The lowest BCUT2D eigenvalue weighted by Crippen LogP contribution is -2.12. The lowest BCUT2D eigenvalue weighted by molar-refractivity contribution is 0.622. The first-order valence-corrected chi connectivity index (χ1v) is 5.88. The molecule has 0 saturated heterocycles. The summed E-state index contributed by atoms with van der Waals surface area (Å²) < 4.78 is 13.3. The van der Waals surface area contributed by atoms with Gasteiger partial charge in [0.05, 0.1) is 17.2 Å². The summed E-state index contributed by atoms with van der Waals surface area (Å²) >= 11 is 1.51. The van der Waals surface area contributed by atoms with Crippen LogP contribution < -0.4 is 5.73 Å². The lowest BCUT2D eigenvalue weighted by Gasteiger charge is -2.11. The maximum Gasteiger partial charge on any atom is 0.123 e. The predicted molar refractivity (Wildman–Crippen MR) is 64.0 cm³/mol. The molecule has 16 heavy (non-hydrogen) atoms. The summed E-state index contributed by atoms with van der Waals surface area (Å²) in [6.45, 7) is 3.77. The van der Waals surface area contributed by atoms with E-state index < -0.39 is 0 Å². The Balaban J connectivity index is 2.41. The van der Waals surface area contributed by atoms with Crippen LogP contribution in [-0.4, -0.2) is 4.98 Å². The van der Waals surface area contributed by atoms with Crippen molar-refractivity contribution in [2.45, 2.75) is 19.9 Å². The van der Waals surface area contributed by atoms with Crippen LogP contribution in [-0.2, 0) is 0 Å². The van der Waals surface area contributed by atoms with Gasteiger partial charge in [-0.25, -0.2) is 9.37 Å². The molecule has 1 heterocycles. The maximum absolute atomic E-state index is 13.3. The molecule has 0 aliphatic carbocycles. The molecule has 2 nitrogen and oxygen atoms in total. The standard InChI is InChI=1S/C12H13FN2S/c1-7-3-9(5-10(13)4-7)11(14)12-8(2)15-6-16-12/h3-6,11H,14H2,1-2H3. The third-order valence-corrected chi connectivity index (χ3v) is 3.50. The molecule has 4 heteroatoms. The molecule has 0 saturated carbocycles. The molecule has 0 amide bonds. The Kier molecular flexibility index (Phi) is 3.03. The zero-order chi connectivity index (χ0) is 11.7. The summed E-state index contributed by atoms with van der Waals surface area (Å²) in [5, 5.41) is 0. The van der Waals surface area contributed by atoms with Crippen molar-refractivity contribution in [1.82, 2.24) is 4.98 Å². The highest BCUT2D eigenvalue weighted by Gasteiger charge is 2.14. The number of thiazole rings is 1. The highest BCUT2D eigenvalue weighted by molar-refractivity contribution is 7.09. The van der Waals surface area contributed by atoms with Gasteiger partial charge in [-0.2, -0.15) is 0 Å². The van der Waals surface area contributed by atoms with Gasteiger partial charge in [0, 0.05) is 4.88 Å². The molecule has 1 aromatic carbocycles. The largest absolute Gasteiger partial charge is 0.320 e. The van der Waals surface area contributed by atoms with Crippen molar-refractivity contribution >= 4 is 11.3 Å². The van der Waals surface area contributed by atoms with Crippen molar-refractivity contribution in [1.29, 1.82) is 0 Å². The summed E-state index contributed by atoms with van der Waals surface area (Å²) in [6.07, 6.45) is 0. The number of aryl methyl sites for hydroxylation is 2. The number of nitrogens with two attached hydrogens (primary N) is 1. The van der Waals surface area contributed by atoms with E-state index in [1.807, 2.05) is 19.9 Å². The zero-order valence-electron chi connectivity index (χ0n) is 9.20. The van der Waals surface area contributed by atoms with Crippen molar-refractivity contribution in [2.24, 2.45) is 5.73 Å². The number of rotatable bonds is 2. The SMILES string of the molecule is Cc1cc(F)cc(C(N)c2scnc2C)c1. The molecule has 0 radical (unpaired) electrons. The van der Waals surface area contributed by atoms with Gasteiger partial charge in [-0.3, -0.25) is 0 Å². The van der Waals surface area contributed by atoms with E-state index in [0.29, 0.717) is 0 Å². The average molecular weight is 236 g/mol. The molecule has 0 fully saturated rings. The highest BCUT2D eigenvalue weighted by Crippen LogP contribution is 2.26. The molecule has 0 bridgehead atoms. The number of aromatic nitrogens is 1. The first-order chi connectivity index (χ1) is 7.58. The minimum absolute atomic E-state index is 0.243. The smallest absolute Gasteiger partial charge is 0.123 e. The Morgan fingerprint density at radius 2 is 2.06 bits per heavy atom. The van der Waals surface area contributed by atoms with Crippen molar-refractivity contribution in [3.63, 3.8) is 0 Å². The van der Waals surface area contributed by atoms with Crippen molar-refractivity contribution in [2.75, 3.05) is 0 Å². The molecule has 0 aliphatic heterocycles. The number of benzene rings is 1. The Morgan fingerprint density at radius 3 is 2.62 bits per heavy atom. The molecule has 2 rings (SSSR count). The Hall–Kier alpha value is -1.26. The second-order valence-electron chi connectivity index (χ2n) is 3.84. The summed E-state index contributed by atoms with van der Waals surface area (Å²) in [6, 6.07) is 4.60. The Labute approximate surface area is 97.9 Å². The summed E-state index contributed by atoms with van der Waals surface area (Å²) in [5.74, 6) is -0.243. The lowest BCUT2D eigenvalue weighted by atomic mass is 10.0. The molecule has 2 N–H and O–H groups in total. The second kappa shape index (κ2) is 4.31. The van der Waals surface area contributed by atoms with Gasteiger partial charge in [0.2, 0.25) is 0 Å². The fourth-order valence-electron chi connectivity index (χ4n) is 1.70. The van der Waals surface area contributed by atoms with E-state index >= 15 is 0 Å². The van der Waals surface area contributed by atoms with Gasteiger partial charge in [-0.15, -0.1) is 11.3 Å². The molecule has 0 spiro atoms. The minimum Gasteiger partial charge on any atom is -0.320 e. The number of halogens is 1. The molecule has 84 valence electrons. The molecule has 0 aliphatic rings. The van der Waals surface area contributed by atoms with Gasteiger partial charge in [-0.1, -0.05) is 6.07 Å². The van der Waals surface area contributed by atoms with Crippen LogP contribution in [0.5, 0.6) is 0 Å².